The van der Waals surface area contributed by atoms with Gasteiger partial charge in [0.15, 0.2) is 5.16 Å². The van der Waals surface area contributed by atoms with E-state index >= 15 is 0 Å². The quantitative estimate of drug-likeness (QED) is 0.863. The molecule has 0 bridgehead atoms. The average Bonchev–Trinajstić information content (AvgIpc) is 2.61. The Labute approximate surface area is 98.1 Å². The molecule has 2 N–H and O–H groups in total. The maximum absolute atomic E-state index is 5.54. The Morgan fingerprint density at radius 2 is 2.19 bits per heavy atom. The summed E-state index contributed by atoms with van der Waals surface area (Å²) in [7, 11) is 1.93. The highest BCUT2D eigenvalue weighted by Crippen LogP contribution is 2.23. The van der Waals surface area contributed by atoms with Gasteiger partial charge in [0.2, 0.25) is 0 Å². The molecule has 0 amide bonds. The first-order valence-corrected chi connectivity index (χ1v) is 5.72. The maximum Gasteiger partial charge on any atom is 0.197 e. The minimum absolute atomic E-state index is 0.451. The minimum Gasteiger partial charge on any atom is -0.325 e. The van der Waals surface area contributed by atoms with Crippen molar-refractivity contribution in [1.82, 2.24) is 19.7 Å². The van der Waals surface area contributed by atoms with Crippen LogP contribution in [0.1, 0.15) is 11.5 Å². The molecule has 0 aromatic carbocycles. The molecule has 0 radical (unpaired) electrons. The van der Waals surface area contributed by atoms with Crippen LogP contribution in [0.5, 0.6) is 0 Å². The summed E-state index contributed by atoms with van der Waals surface area (Å²) in [5, 5.41) is 9.79. The average molecular weight is 235 g/mol. The number of aromatic nitrogens is 4. The number of pyridine rings is 1. The fraction of sp³-hybridized carbons (Fsp3) is 0.300. The van der Waals surface area contributed by atoms with Crippen LogP contribution in [0.3, 0.4) is 0 Å². The van der Waals surface area contributed by atoms with Crippen LogP contribution in [0.15, 0.2) is 28.4 Å². The van der Waals surface area contributed by atoms with Crippen LogP contribution in [0.2, 0.25) is 0 Å². The first kappa shape index (κ1) is 11.1. The van der Waals surface area contributed by atoms with Crippen LogP contribution in [-0.4, -0.2) is 19.7 Å². The molecule has 0 spiro atoms. The number of rotatable bonds is 3. The van der Waals surface area contributed by atoms with E-state index in [1.54, 1.807) is 0 Å². The molecule has 0 aliphatic heterocycles. The van der Waals surface area contributed by atoms with Gasteiger partial charge in [0.05, 0.1) is 5.69 Å². The third-order valence-corrected chi connectivity index (χ3v) is 3.21. The molecule has 0 unspecified atom stereocenters. The van der Waals surface area contributed by atoms with Crippen molar-refractivity contribution in [2.45, 2.75) is 23.7 Å². The zero-order valence-electron chi connectivity index (χ0n) is 9.21. The summed E-state index contributed by atoms with van der Waals surface area (Å²) in [6, 6.07) is 5.79. The zero-order valence-corrected chi connectivity index (χ0v) is 10.0. The van der Waals surface area contributed by atoms with E-state index < -0.39 is 0 Å². The van der Waals surface area contributed by atoms with Gasteiger partial charge in [-0.3, -0.25) is 0 Å². The van der Waals surface area contributed by atoms with E-state index in [1.165, 1.54) is 11.8 Å². The molecular formula is C10H13N5S. The summed E-state index contributed by atoms with van der Waals surface area (Å²) in [4.78, 5) is 4.39. The van der Waals surface area contributed by atoms with E-state index in [2.05, 4.69) is 15.2 Å². The van der Waals surface area contributed by atoms with Crippen molar-refractivity contribution < 1.29 is 0 Å². The lowest BCUT2D eigenvalue weighted by Crippen LogP contribution is -2.00. The molecule has 0 saturated heterocycles. The summed E-state index contributed by atoms with van der Waals surface area (Å²) >= 11 is 1.49. The molecule has 0 saturated carbocycles. The van der Waals surface area contributed by atoms with E-state index in [4.69, 9.17) is 5.73 Å². The SMILES string of the molecule is Cc1nnc(Sc2cccc(CN)n2)n1C. The summed E-state index contributed by atoms with van der Waals surface area (Å²) < 4.78 is 1.93. The monoisotopic (exact) mass is 235 g/mol. The highest BCUT2D eigenvalue weighted by molar-refractivity contribution is 7.99. The number of hydrogen-bond donors (Lipinski definition) is 1. The normalized spacial score (nSPS) is 10.7. The number of aryl methyl sites for hydroxylation is 1. The van der Waals surface area contributed by atoms with Crippen molar-refractivity contribution in [3.8, 4) is 0 Å². The van der Waals surface area contributed by atoms with Crippen molar-refractivity contribution in [2.24, 2.45) is 12.8 Å². The van der Waals surface area contributed by atoms with Gasteiger partial charge in [0.1, 0.15) is 10.9 Å². The molecule has 5 nitrogen and oxygen atoms in total. The van der Waals surface area contributed by atoms with Gasteiger partial charge in [0.25, 0.3) is 0 Å². The third kappa shape index (κ3) is 2.23. The lowest BCUT2D eigenvalue weighted by atomic mass is 10.4. The zero-order chi connectivity index (χ0) is 11.5. The topological polar surface area (TPSA) is 69.6 Å². The second-order valence-electron chi connectivity index (χ2n) is 3.36. The van der Waals surface area contributed by atoms with Crippen molar-refractivity contribution in [1.29, 1.82) is 0 Å². The molecule has 0 atom stereocenters. The minimum atomic E-state index is 0.451. The fourth-order valence-corrected chi connectivity index (χ4v) is 2.05. The van der Waals surface area contributed by atoms with E-state index in [0.29, 0.717) is 6.54 Å². The van der Waals surface area contributed by atoms with Crippen molar-refractivity contribution in [3.05, 3.63) is 29.7 Å². The highest BCUT2D eigenvalue weighted by atomic mass is 32.2. The molecule has 84 valence electrons. The second-order valence-corrected chi connectivity index (χ2v) is 4.35. The largest absolute Gasteiger partial charge is 0.325 e. The lowest BCUT2D eigenvalue weighted by Gasteiger charge is -2.02. The Morgan fingerprint density at radius 1 is 1.38 bits per heavy atom. The third-order valence-electron chi connectivity index (χ3n) is 2.24. The van der Waals surface area contributed by atoms with Gasteiger partial charge < -0.3 is 10.3 Å². The van der Waals surface area contributed by atoms with Crippen molar-refractivity contribution in [3.63, 3.8) is 0 Å². The summed E-state index contributed by atoms with van der Waals surface area (Å²) in [6.07, 6.45) is 0. The predicted molar refractivity (Wildman–Crippen MR) is 62.0 cm³/mol. The Hall–Kier alpha value is -1.40. The maximum atomic E-state index is 5.54. The fourth-order valence-electron chi connectivity index (χ4n) is 1.20. The molecule has 0 aliphatic rings. The van der Waals surface area contributed by atoms with E-state index in [9.17, 15) is 0 Å². The smallest absolute Gasteiger partial charge is 0.197 e. The Morgan fingerprint density at radius 3 is 2.81 bits per heavy atom. The Kier molecular flexibility index (Phi) is 3.21. The second kappa shape index (κ2) is 4.63. The standard InChI is InChI=1S/C10H13N5S/c1-7-13-14-10(15(7)2)16-9-5-3-4-8(6-11)12-9/h3-5H,6,11H2,1-2H3. The molecule has 2 rings (SSSR count). The number of nitrogens with two attached hydrogens (primary N) is 1. The van der Waals surface area contributed by atoms with E-state index in [1.807, 2.05) is 36.7 Å². The molecule has 0 aliphatic carbocycles. The molecule has 2 aromatic rings. The van der Waals surface area contributed by atoms with Crippen LogP contribution in [0.25, 0.3) is 0 Å². The van der Waals surface area contributed by atoms with Gasteiger partial charge in [-0.1, -0.05) is 6.07 Å². The van der Waals surface area contributed by atoms with Gasteiger partial charge in [-0.2, -0.15) is 0 Å². The molecule has 2 heterocycles. The number of hydrogen-bond acceptors (Lipinski definition) is 5. The summed E-state index contributed by atoms with van der Waals surface area (Å²) in [5.74, 6) is 0.887. The molecule has 16 heavy (non-hydrogen) atoms. The van der Waals surface area contributed by atoms with E-state index in [0.717, 1.165) is 21.7 Å². The highest BCUT2D eigenvalue weighted by Gasteiger charge is 2.07. The van der Waals surface area contributed by atoms with Crippen molar-refractivity contribution in [2.75, 3.05) is 0 Å². The van der Waals surface area contributed by atoms with Crippen LogP contribution in [-0.2, 0) is 13.6 Å². The van der Waals surface area contributed by atoms with Crippen LogP contribution >= 0.6 is 11.8 Å². The van der Waals surface area contributed by atoms with E-state index in [-0.39, 0.29) is 0 Å². The Balaban J connectivity index is 2.23. The Bertz CT molecular complexity index is 494. The summed E-state index contributed by atoms with van der Waals surface area (Å²) in [6.45, 7) is 2.37. The first-order valence-electron chi connectivity index (χ1n) is 4.90. The predicted octanol–water partition coefficient (Wildman–Crippen LogP) is 1.13. The molecule has 0 fully saturated rings. The number of nitrogens with zero attached hydrogens (tertiary/aromatic N) is 4. The molecular weight excluding hydrogens is 222 g/mol. The molecule has 2 aromatic heterocycles. The van der Waals surface area contributed by atoms with Gasteiger partial charge in [-0.25, -0.2) is 4.98 Å². The van der Waals surface area contributed by atoms with Crippen LogP contribution in [0.4, 0.5) is 0 Å². The van der Waals surface area contributed by atoms with Gasteiger partial charge >= 0.3 is 0 Å². The van der Waals surface area contributed by atoms with Gasteiger partial charge in [-0.15, -0.1) is 10.2 Å². The van der Waals surface area contributed by atoms with Crippen LogP contribution in [0, 0.1) is 6.92 Å². The summed E-state index contributed by atoms with van der Waals surface area (Å²) in [5.41, 5.74) is 6.42. The van der Waals surface area contributed by atoms with Gasteiger partial charge in [-0.05, 0) is 30.8 Å². The lowest BCUT2D eigenvalue weighted by molar-refractivity contribution is 0.764. The molecule has 6 heteroatoms. The first-order chi connectivity index (χ1) is 7.70. The van der Waals surface area contributed by atoms with Crippen molar-refractivity contribution >= 4 is 11.8 Å². The van der Waals surface area contributed by atoms with Crippen LogP contribution < -0.4 is 5.73 Å². The van der Waals surface area contributed by atoms with Gasteiger partial charge in [0, 0.05) is 13.6 Å².